The average molecular weight is 281 g/mol. The first-order valence-corrected chi connectivity index (χ1v) is 7.21. The van der Waals surface area contributed by atoms with Gasteiger partial charge in [0.15, 0.2) is 0 Å². The molecule has 0 bridgehead atoms. The third-order valence-electron chi connectivity index (χ3n) is 2.65. The van der Waals surface area contributed by atoms with Crippen molar-refractivity contribution in [2.24, 2.45) is 0 Å². The molecular formula is C14H17ClN2S. The number of nitrogens with one attached hydrogen (secondary N) is 1. The van der Waals surface area contributed by atoms with Crippen molar-refractivity contribution in [1.82, 2.24) is 10.3 Å². The van der Waals surface area contributed by atoms with Crippen LogP contribution in [0, 0.1) is 6.92 Å². The molecule has 1 aromatic heterocycles. The van der Waals surface area contributed by atoms with E-state index in [1.54, 1.807) is 11.3 Å². The van der Waals surface area contributed by atoms with Gasteiger partial charge >= 0.3 is 0 Å². The fraction of sp³-hybridized carbons (Fsp3) is 0.357. The number of rotatable bonds is 4. The van der Waals surface area contributed by atoms with Crippen LogP contribution in [0.1, 0.15) is 24.4 Å². The van der Waals surface area contributed by atoms with E-state index in [0.717, 1.165) is 27.8 Å². The first-order valence-electron chi connectivity index (χ1n) is 6.02. The number of benzene rings is 1. The second-order valence-corrected chi connectivity index (χ2v) is 6.09. The van der Waals surface area contributed by atoms with E-state index < -0.39 is 0 Å². The molecular weight excluding hydrogens is 264 g/mol. The summed E-state index contributed by atoms with van der Waals surface area (Å²) in [6.07, 6.45) is 0. The number of halogens is 1. The number of hydrogen-bond donors (Lipinski definition) is 1. The Labute approximate surface area is 117 Å². The third kappa shape index (κ3) is 3.31. The summed E-state index contributed by atoms with van der Waals surface area (Å²) in [7, 11) is 0. The summed E-state index contributed by atoms with van der Waals surface area (Å²) in [5.41, 5.74) is 2.24. The minimum Gasteiger partial charge on any atom is -0.310 e. The first kappa shape index (κ1) is 13.5. The zero-order valence-electron chi connectivity index (χ0n) is 10.8. The zero-order chi connectivity index (χ0) is 13.1. The summed E-state index contributed by atoms with van der Waals surface area (Å²) in [5.74, 6) is 0. The monoisotopic (exact) mass is 280 g/mol. The lowest BCUT2D eigenvalue weighted by Gasteiger charge is -2.05. The highest BCUT2D eigenvalue weighted by molar-refractivity contribution is 7.15. The molecule has 1 aromatic carbocycles. The Morgan fingerprint density at radius 2 is 1.94 bits per heavy atom. The van der Waals surface area contributed by atoms with E-state index >= 15 is 0 Å². The molecule has 0 amide bonds. The molecule has 1 heterocycles. The van der Waals surface area contributed by atoms with Crippen LogP contribution in [0.5, 0.6) is 0 Å². The van der Waals surface area contributed by atoms with Gasteiger partial charge in [-0.05, 0) is 19.1 Å². The molecule has 1 N–H and O–H groups in total. The Hall–Kier alpha value is -0.900. The molecule has 0 spiro atoms. The molecule has 0 unspecified atom stereocenters. The molecule has 96 valence electrons. The van der Waals surface area contributed by atoms with Crippen LogP contribution in [-0.2, 0) is 6.54 Å². The summed E-state index contributed by atoms with van der Waals surface area (Å²) in [6.45, 7) is 7.25. The number of nitrogens with zero attached hydrogens (tertiary/aromatic N) is 1. The van der Waals surface area contributed by atoms with Gasteiger partial charge in [-0.3, -0.25) is 0 Å². The molecule has 0 aliphatic carbocycles. The summed E-state index contributed by atoms with van der Waals surface area (Å²) in [4.78, 5) is 5.92. The highest BCUT2D eigenvalue weighted by Crippen LogP contribution is 2.28. The second-order valence-electron chi connectivity index (χ2n) is 4.57. The Bertz CT molecular complexity index is 517. The summed E-state index contributed by atoms with van der Waals surface area (Å²) >= 11 is 7.64. The van der Waals surface area contributed by atoms with Crippen molar-refractivity contribution >= 4 is 22.9 Å². The van der Waals surface area contributed by atoms with Crippen molar-refractivity contribution in [1.29, 1.82) is 0 Å². The predicted octanol–water partition coefficient (Wildman–Crippen LogP) is 4.27. The van der Waals surface area contributed by atoms with Gasteiger partial charge in [0.25, 0.3) is 0 Å². The van der Waals surface area contributed by atoms with Gasteiger partial charge in [0.05, 0.1) is 5.69 Å². The number of thiazole rings is 1. The Balaban J connectivity index is 2.20. The van der Waals surface area contributed by atoms with E-state index in [1.165, 1.54) is 4.88 Å². The lowest BCUT2D eigenvalue weighted by molar-refractivity contribution is 0.591. The molecule has 0 atom stereocenters. The van der Waals surface area contributed by atoms with E-state index in [9.17, 15) is 0 Å². The Morgan fingerprint density at radius 3 is 2.56 bits per heavy atom. The minimum atomic E-state index is 0.491. The van der Waals surface area contributed by atoms with Crippen molar-refractivity contribution in [3.63, 3.8) is 0 Å². The lowest BCUT2D eigenvalue weighted by Crippen LogP contribution is -2.21. The van der Waals surface area contributed by atoms with Gasteiger partial charge in [0.1, 0.15) is 5.01 Å². The predicted molar refractivity (Wildman–Crippen MR) is 79.3 cm³/mol. The van der Waals surface area contributed by atoms with Gasteiger partial charge in [-0.2, -0.15) is 0 Å². The second kappa shape index (κ2) is 5.83. The molecule has 2 aromatic rings. The Kier molecular flexibility index (Phi) is 4.38. The molecule has 0 saturated heterocycles. The van der Waals surface area contributed by atoms with Crippen LogP contribution < -0.4 is 5.32 Å². The van der Waals surface area contributed by atoms with E-state index in [-0.39, 0.29) is 0 Å². The van der Waals surface area contributed by atoms with E-state index in [2.05, 4.69) is 31.1 Å². The molecule has 18 heavy (non-hydrogen) atoms. The molecule has 0 saturated carbocycles. The van der Waals surface area contributed by atoms with Crippen molar-refractivity contribution in [3.8, 4) is 10.6 Å². The third-order valence-corrected chi connectivity index (χ3v) is 4.11. The maximum absolute atomic E-state index is 5.89. The molecule has 4 heteroatoms. The van der Waals surface area contributed by atoms with Crippen LogP contribution in [0.2, 0.25) is 5.02 Å². The average Bonchev–Trinajstić information content (AvgIpc) is 2.69. The lowest BCUT2D eigenvalue weighted by atomic mass is 10.2. The number of hydrogen-bond acceptors (Lipinski definition) is 3. The van der Waals surface area contributed by atoms with Crippen molar-refractivity contribution in [3.05, 3.63) is 39.9 Å². The Morgan fingerprint density at radius 1 is 1.28 bits per heavy atom. The molecule has 0 aliphatic rings. The highest BCUT2D eigenvalue weighted by Gasteiger charge is 2.09. The molecule has 0 aliphatic heterocycles. The quantitative estimate of drug-likeness (QED) is 0.905. The van der Waals surface area contributed by atoms with Crippen LogP contribution >= 0.6 is 22.9 Å². The zero-order valence-corrected chi connectivity index (χ0v) is 12.4. The fourth-order valence-corrected chi connectivity index (χ4v) is 2.75. The van der Waals surface area contributed by atoms with E-state index in [4.69, 9.17) is 11.6 Å². The van der Waals surface area contributed by atoms with Crippen LogP contribution in [0.3, 0.4) is 0 Å². The van der Waals surface area contributed by atoms with Crippen LogP contribution in [0.15, 0.2) is 24.3 Å². The van der Waals surface area contributed by atoms with Crippen LogP contribution in [0.4, 0.5) is 0 Å². The topological polar surface area (TPSA) is 24.9 Å². The SMILES string of the molecule is Cc1nc(-c2ccc(Cl)cc2)sc1CNC(C)C. The summed E-state index contributed by atoms with van der Waals surface area (Å²) in [6, 6.07) is 8.32. The van der Waals surface area contributed by atoms with Crippen LogP contribution in [-0.4, -0.2) is 11.0 Å². The first-order chi connectivity index (χ1) is 8.56. The van der Waals surface area contributed by atoms with Gasteiger partial charge in [-0.25, -0.2) is 4.98 Å². The van der Waals surface area contributed by atoms with Gasteiger partial charge in [0, 0.05) is 28.0 Å². The summed E-state index contributed by atoms with van der Waals surface area (Å²) in [5, 5.41) is 5.24. The van der Waals surface area contributed by atoms with Crippen molar-refractivity contribution in [2.45, 2.75) is 33.4 Å². The number of aromatic nitrogens is 1. The minimum absolute atomic E-state index is 0.491. The normalized spacial score (nSPS) is 11.2. The van der Waals surface area contributed by atoms with Gasteiger partial charge < -0.3 is 5.32 Å². The standard InChI is InChI=1S/C14H17ClN2S/c1-9(2)16-8-13-10(3)17-14(18-13)11-4-6-12(15)7-5-11/h4-7,9,16H,8H2,1-3H3. The molecule has 0 radical (unpaired) electrons. The van der Waals surface area contributed by atoms with Gasteiger partial charge in [-0.15, -0.1) is 11.3 Å². The smallest absolute Gasteiger partial charge is 0.123 e. The van der Waals surface area contributed by atoms with Crippen molar-refractivity contribution < 1.29 is 0 Å². The van der Waals surface area contributed by atoms with Gasteiger partial charge in [-0.1, -0.05) is 37.6 Å². The van der Waals surface area contributed by atoms with E-state index in [1.807, 2.05) is 24.3 Å². The van der Waals surface area contributed by atoms with E-state index in [0.29, 0.717) is 6.04 Å². The van der Waals surface area contributed by atoms with Crippen molar-refractivity contribution in [2.75, 3.05) is 0 Å². The summed E-state index contributed by atoms with van der Waals surface area (Å²) < 4.78 is 0. The fourth-order valence-electron chi connectivity index (χ4n) is 1.60. The molecule has 2 nitrogen and oxygen atoms in total. The molecule has 0 fully saturated rings. The maximum Gasteiger partial charge on any atom is 0.123 e. The molecule has 2 rings (SSSR count). The number of aryl methyl sites for hydroxylation is 1. The maximum atomic E-state index is 5.89. The van der Waals surface area contributed by atoms with Gasteiger partial charge in [0.2, 0.25) is 0 Å². The van der Waals surface area contributed by atoms with Crippen LogP contribution in [0.25, 0.3) is 10.6 Å². The highest BCUT2D eigenvalue weighted by atomic mass is 35.5. The largest absolute Gasteiger partial charge is 0.310 e.